The van der Waals surface area contributed by atoms with Crippen molar-refractivity contribution in [1.82, 2.24) is 14.8 Å². The van der Waals surface area contributed by atoms with Gasteiger partial charge in [0.25, 0.3) is 0 Å². The van der Waals surface area contributed by atoms with E-state index in [1.54, 1.807) is 18.4 Å². The predicted octanol–water partition coefficient (Wildman–Crippen LogP) is 2.53. The number of hydrogen-bond donors (Lipinski definition) is 1. The van der Waals surface area contributed by atoms with Crippen LogP contribution in [0.25, 0.3) is 10.7 Å². The Morgan fingerprint density at radius 2 is 2.38 bits per heavy atom. The lowest BCUT2D eigenvalue weighted by Gasteiger charge is -2.36. The third-order valence-electron chi connectivity index (χ3n) is 3.50. The number of thiophene rings is 1. The maximum Gasteiger partial charge on any atom is 0.313 e. The number of nitrogens with zero attached hydrogens (tertiary/aromatic N) is 3. The van der Waals surface area contributed by atoms with Gasteiger partial charge in [0.05, 0.1) is 16.7 Å². The second kappa shape index (κ2) is 6.17. The highest BCUT2D eigenvalue weighted by atomic mass is 32.2. The molecule has 6 nitrogen and oxygen atoms in total. The maximum atomic E-state index is 10.8. The summed E-state index contributed by atoms with van der Waals surface area (Å²) in [6, 6.07) is 4.25. The molecule has 2 heterocycles. The van der Waals surface area contributed by atoms with Gasteiger partial charge < -0.3 is 9.84 Å². The molecule has 0 spiro atoms. The van der Waals surface area contributed by atoms with Crippen LogP contribution in [-0.4, -0.2) is 44.8 Å². The van der Waals surface area contributed by atoms with Crippen molar-refractivity contribution in [2.24, 2.45) is 0 Å². The van der Waals surface area contributed by atoms with E-state index in [4.69, 9.17) is 9.84 Å². The number of carboxylic acids is 1. The second-order valence-electron chi connectivity index (χ2n) is 4.82. The van der Waals surface area contributed by atoms with Crippen LogP contribution in [0.1, 0.15) is 18.9 Å². The van der Waals surface area contributed by atoms with Gasteiger partial charge in [-0.2, -0.15) is 0 Å². The van der Waals surface area contributed by atoms with Gasteiger partial charge in [-0.1, -0.05) is 17.8 Å². The molecule has 0 amide bonds. The first-order chi connectivity index (χ1) is 10.2. The average Bonchev–Trinajstić information content (AvgIpc) is 3.03. The fourth-order valence-corrected chi connectivity index (χ4v) is 3.78. The number of carbonyl (C=O) groups is 1. The first-order valence-electron chi connectivity index (χ1n) is 6.55. The summed E-state index contributed by atoms with van der Waals surface area (Å²) in [5, 5.41) is 19.9. The number of carboxylic acid groups (broad SMARTS) is 1. The molecule has 0 unspecified atom stereocenters. The third kappa shape index (κ3) is 2.97. The highest BCUT2D eigenvalue weighted by Gasteiger charge is 2.34. The van der Waals surface area contributed by atoms with E-state index in [0.717, 1.165) is 23.5 Å². The number of aromatic nitrogens is 3. The molecule has 2 aromatic heterocycles. The van der Waals surface area contributed by atoms with E-state index in [0.29, 0.717) is 5.16 Å². The Bertz CT molecular complexity index is 621. The van der Waals surface area contributed by atoms with Crippen LogP contribution in [-0.2, 0) is 9.53 Å². The van der Waals surface area contributed by atoms with Crippen molar-refractivity contribution in [3.63, 3.8) is 0 Å². The molecule has 112 valence electrons. The van der Waals surface area contributed by atoms with Gasteiger partial charge in [-0.3, -0.25) is 9.36 Å². The first kappa shape index (κ1) is 14.6. The highest BCUT2D eigenvalue weighted by molar-refractivity contribution is 7.99. The topological polar surface area (TPSA) is 77.2 Å². The molecule has 1 fully saturated rings. The van der Waals surface area contributed by atoms with Crippen molar-refractivity contribution >= 4 is 29.1 Å². The standard InChI is InChI=1S/C13H15N3O3S2/c1-19-9-5-8(6-9)16-12(10-3-2-4-20-10)14-15-13(16)21-7-11(17)18/h2-4,8-9H,5-7H2,1H3,(H,17,18). The molecule has 0 aromatic carbocycles. The van der Waals surface area contributed by atoms with E-state index in [9.17, 15) is 4.79 Å². The number of ether oxygens (including phenoxy) is 1. The second-order valence-corrected chi connectivity index (χ2v) is 6.71. The van der Waals surface area contributed by atoms with Crippen LogP contribution in [0.15, 0.2) is 22.7 Å². The SMILES string of the molecule is COC1CC(n2c(SCC(=O)O)nnc2-c2cccs2)C1. The minimum absolute atomic E-state index is 0.0109. The molecule has 0 radical (unpaired) electrons. The Hall–Kier alpha value is -1.38. The monoisotopic (exact) mass is 325 g/mol. The molecule has 0 saturated heterocycles. The maximum absolute atomic E-state index is 10.8. The summed E-state index contributed by atoms with van der Waals surface area (Å²) < 4.78 is 7.40. The van der Waals surface area contributed by atoms with Crippen LogP contribution < -0.4 is 0 Å². The van der Waals surface area contributed by atoms with Gasteiger partial charge in [-0.05, 0) is 24.3 Å². The summed E-state index contributed by atoms with van der Waals surface area (Å²) in [5.74, 6) is -0.0451. The smallest absolute Gasteiger partial charge is 0.313 e. The van der Waals surface area contributed by atoms with Gasteiger partial charge in [-0.15, -0.1) is 21.5 Å². The van der Waals surface area contributed by atoms with Crippen molar-refractivity contribution in [3.8, 4) is 10.7 Å². The minimum Gasteiger partial charge on any atom is -0.481 e. The zero-order valence-electron chi connectivity index (χ0n) is 11.4. The zero-order valence-corrected chi connectivity index (χ0v) is 13.1. The Morgan fingerprint density at radius 1 is 1.57 bits per heavy atom. The molecule has 0 bridgehead atoms. The Kier molecular flexibility index (Phi) is 4.27. The Morgan fingerprint density at radius 3 is 3.00 bits per heavy atom. The van der Waals surface area contributed by atoms with E-state index < -0.39 is 5.97 Å². The van der Waals surface area contributed by atoms with Gasteiger partial charge >= 0.3 is 5.97 Å². The summed E-state index contributed by atoms with van der Waals surface area (Å²) >= 11 is 2.82. The molecule has 1 aliphatic carbocycles. The summed E-state index contributed by atoms with van der Waals surface area (Å²) in [4.78, 5) is 11.8. The van der Waals surface area contributed by atoms with Gasteiger partial charge in [-0.25, -0.2) is 0 Å². The molecule has 0 atom stereocenters. The number of hydrogen-bond acceptors (Lipinski definition) is 6. The minimum atomic E-state index is -0.851. The third-order valence-corrected chi connectivity index (χ3v) is 5.29. The Labute approximate surface area is 130 Å². The predicted molar refractivity (Wildman–Crippen MR) is 80.8 cm³/mol. The summed E-state index contributed by atoms with van der Waals surface area (Å²) in [7, 11) is 1.72. The van der Waals surface area contributed by atoms with E-state index in [-0.39, 0.29) is 17.9 Å². The quantitative estimate of drug-likeness (QED) is 0.822. The van der Waals surface area contributed by atoms with Gasteiger partial charge in [0, 0.05) is 13.2 Å². The lowest BCUT2D eigenvalue weighted by molar-refractivity contribution is -0.133. The molecule has 1 aliphatic rings. The lowest BCUT2D eigenvalue weighted by atomic mass is 9.89. The number of thioether (sulfide) groups is 1. The first-order valence-corrected chi connectivity index (χ1v) is 8.41. The van der Waals surface area contributed by atoms with Crippen molar-refractivity contribution in [2.75, 3.05) is 12.9 Å². The molecular weight excluding hydrogens is 310 g/mol. The van der Waals surface area contributed by atoms with Crippen molar-refractivity contribution in [3.05, 3.63) is 17.5 Å². The molecule has 3 rings (SSSR count). The number of methoxy groups -OCH3 is 1. The molecular formula is C13H15N3O3S2. The van der Waals surface area contributed by atoms with Crippen LogP contribution in [0.2, 0.25) is 0 Å². The van der Waals surface area contributed by atoms with Crippen LogP contribution in [0.4, 0.5) is 0 Å². The summed E-state index contributed by atoms with van der Waals surface area (Å²) in [5.41, 5.74) is 0. The number of rotatable bonds is 6. The molecule has 0 aliphatic heterocycles. The average molecular weight is 325 g/mol. The van der Waals surface area contributed by atoms with Crippen molar-refractivity contribution < 1.29 is 14.6 Å². The normalized spacial score (nSPS) is 21.2. The van der Waals surface area contributed by atoms with Crippen molar-refractivity contribution in [1.29, 1.82) is 0 Å². The van der Waals surface area contributed by atoms with E-state index in [1.807, 2.05) is 17.5 Å². The molecule has 21 heavy (non-hydrogen) atoms. The largest absolute Gasteiger partial charge is 0.481 e. The van der Waals surface area contributed by atoms with Gasteiger partial charge in [0.1, 0.15) is 0 Å². The lowest BCUT2D eigenvalue weighted by Crippen LogP contribution is -2.33. The zero-order chi connectivity index (χ0) is 14.8. The number of aliphatic carboxylic acids is 1. The van der Waals surface area contributed by atoms with Gasteiger partial charge in [0.2, 0.25) is 0 Å². The van der Waals surface area contributed by atoms with Crippen LogP contribution in [0.3, 0.4) is 0 Å². The van der Waals surface area contributed by atoms with Crippen molar-refractivity contribution in [2.45, 2.75) is 30.1 Å². The summed E-state index contributed by atoms with van der Waals surface area (Å²) in [6.07, 6.45) is 2.09. The van der Waals surface area contributed by atoms with E-state index >= 15 is 0 Å². The molecule has 2 aromatic rings. The molecule has 1 N–H and O–H groups in total. The van der Waals surface area contributed by atoms with Crippen LogP contribution >= 0.6 is 23.1 Å². The van der Waals surface area contributed by atoms with Gasteiger partial charge in [0.15, 0.2) is 11.0 Å². The highest BCUT2D eigenvalue weighted by Crippen LogP contribution is 2.40. The van der Waals surface area contributed by atoms with E-state index in [1.165, 1.54) is 11.8 Å². The molecule has 1 saturated carbocycles. The Balaban J connectivity index is 1.88. The fourth-order valence-electron chi connectivity index (χ4n) is 2.35. The fraction of sp³-hybridized carbons (Fsp3) is 0.462. The summed E-state index contributed by atoms with van der Waals surface area (Å²) in [6.45, 7) is 0. The van der Waals surface area contributed by atoms with Crippen LogP contribution in [0, 0.1) is 0 Å². The molecule has 8 heteroatoms. The van der Waals surface area contributed by atoms with Crippen LogP contribution in [0.5, 0.6) is 0 Å². The van der Waals surface area contributed by atoms with E-state index in [2.05, 4.69) is 14.8 Å².